The molecule has 0 N–H and O–H groups in total. The first kappa shape index (κ1) is 22.6. The first-order chi connectivity index (χ1) is 13.9. The Morgan fingerprint density at radius 3 is 1.38 bits per heavy atom. The van der Waals surface area contributed by atoms with Crippen molar-refractivity contribution in [2.45, 2.75) is 112 Å². The zero-order valence-corrected chi connectivity index (χ0v) is 19.6. The van der Waals surface area contributed by atoms with E-state index in [2.05, 4.69) is 22.6 Å². The molecule has 0 spiro atoms. The van der Waals surface area contributed by atoms with Crippen LogP contribution in [0.1, 0.15) is 83.5 Å². The summed E-state index contributed by atoms with van der Waals surface area (Å²) in [6.07, 6.45) is 6.43. The molecule has 0 heterocycles. The van der Waals surface area contributed by atoms with Crippen molar-refractivity contribution in [2.75, 3.05) is 0 Å². The maximum Gasteiger partial charge on any atom is 0.162 e. The maximum absolute atomic E-state index is 15.1. The van der Waals surface area contributed by atoms with Crippen molar-refractivity contribution in [3.63, 3.8) is 0 Å². The second kappa shape index (κ2) is 9.94. The van der Waals surface area contributed by atoms with Crippen molar-refractivity contribution in [2.24, 2.45) is 35.5 Å². The number of alkyl halides is 5. The fourth-order valence-electron chi connectivity index (χ4n) is 7.28. The lowest BCUT2D eigenvalue weighted by molar-refractivity contribution is -0.0291. The van der Waals surface area contributed by atoms with Crippen molar-refractivity contribution in [1.29, 1.82) is 0 Å². The summed E-state index contributed by atoms with van der Waals surface area (Å²) in [6.45, 7) is 0. The molecule has 0 aliphatic heterocycles. The zero-order valence-electron chi connectivity index (χ0n) is 17.4. The van der Waals surface area contributed by atoms with E-state index in [0.717, 1.165) is 28.6 Å². The average molecular weight is 528 g/mol. The van der Waals surface area contributed by atoms with Gasteiger partial charge in [0.2, 0.25) is 0 Å². The topological polar surface area (TPSA) is 0 Å². The standard InChI is InChI=1S/C24H37F4I/c25-21-11-17(7-10-20(21)18-12-22(26)24(28)23(27)13-18)16-3-1-14(2-4-16)15-5-8-19(29)9-6-15/h14-24H,1-13H2. The van der Waals surface area contributed by atoms with Crippen molar-refractivity contribution in [3.05, 3.63) is 0 Å². The summed E-state index contributed by atoms with van der Waals surface area (Å²) in [5.74, 6) is 2.27. The fourth-order valence-corrected chi connectivity index (χ4v) is 8.00. The second-order valence-electron chi connectivity index (χ2n) is 10.6. The van der Waals surface area contributed by atoms with Crippen LogP contribution in [-0.2, 0) is 0 Å². The van der Waals surface area contributed by atoms with E-state index in [9.17, 15) is 13.2 Å². The third kappa shape index (κ3) is 5.27. The van der Waals surface area contributed by atoms with E-state index in [0.29, 0.717) is 18.3 Å². The number of hydrogen-bond donors (Lipinski definition) is 0. The van der Waals surface area contributed by atoms with Crippen LogP contribution in [0.15, 0.2) is 0 Å². The van der Waals surface area contributed by atoms with Crippen LogP contribution in [0, 0.1) is 35.5 Å². The van der Waals surface area contributed by atoms with Crippen LogP contribution in [0.2, 0.25) is 0 Å². The van der Waals surface area contributed by atoms with Gasteiger partial charge in [0.25, 0.3) is 0 Å². The molecular formula is C24H37F4I. The predicted molar refractivity (Wildman–Crippen MR) is 118 cm³/mol. The summed E-state index contributed by atoms with van der Waals surface area (Å²) in [7, 11) is 0. The van der Waals surface area contributed by atoms with Crippen molar-refractivity contribution < 1.29 is 17.6 Å². The molecule has 0 aromatic heterocycles. The quantitative estimate of drug-likeness (QED) is 0.198. The minimum absolute atomic E-state index is 0.00190. The van der Waals surface area contributed by atoms with Crippen LogP contribution in [0.5, 0.6) is 0 Å². The molecule has 0 nitrogen and oxygen atoms in total. The smallest absolute Gasteiger partial charge is 0.162 e. The van der Waals surface area contributed by atoms with Crippen molar-refractivity contribution in [1.82, 2.24) is 0 Å². The van der Waals surface area contributed by atoms with Crippen LogP contribution >= 0.6 is 22.6 Å². The molecule has 0 aromatic carbocycles. The summed E-state index contributed by atoms with van der Waals surface area (Å²) < 4.78 is 57.0. The lowest BCUT2D eigenvalue weighted by Gasteiger charge is -2.44. The molecule has 5 unspecified atom stereocenters. The molecule has 0 radical (unpaired) electrons. The molecule has 0 saturated heterocycles. The minimum atomic E-state index is -2.01. The SMILES string of the molecule is FC1CC(C2CCC(C3CCC(C4CCC(I)CC4)CC3)CC2F)CC(F)C1F. The second-order valence-corrected chi connectivity index (χ2v) is 12.4. The Kier molecular flexibility index (Phi) is 7.76. The number of halogens is 5. The van der Waals surface area contributed by atoms with E-state index in [1.807, 2.05) is 0 Å². The lowest BCUT2D eigenvalue weighted by Crippen LogP contribution is -2.43. The van der Waals surface area contributed by atoms with E-state index in [1.165, 1.54) is 51.4 Å². The summed E-state index contributed by atoms with van der Waals surface area (Å²) in [4.78, 5) is 0. The highest BCUT2D eigenvalue weighted by Gasteiger charge is 2.46. The summed E-state index contributed by atoms with van der Waals surface area (Å²) in [6, 6.07) is 0. The van der Waals surface area contributed by atoms with E-state index in [-0.39, 0.29) is 24.7 Å². The van der Waals surface area contributed by atoms with Gasteiger partial charge >= 0.3 is 0 Å². The van der Waals surface area contributed by atoms with Gasteiger partial charge in [0, 0.05) is 3.92 Å². The van der Waals surface area contributed by atoms with E-state index < -0.39 is 24.7 Å². The van der Waals surface area contributed by atoms with Crippen LogP contribution < -0.4 is 0 Å². The molecule has 168 valence electrons. The highest BCUT2D eigenvalue weighted by molar-refractivity contribution is 14.1. The van der Waals surface area contributed by atoms with Crippen LogP contribution in [0.25, 0.3) is 0 Å². The zero-order chi connectivity index (χ0) is 20.5. The Bertz CT molecular complexity index is 503. The minimum Gasteiger partial charge on any atom is -0.247 e. The summed E-state index contributed by atoms with van der Waals surface area (Å²) in [5.41, 5.74) is 0. The Hall–Kier alpha value is 0.450. The van der Waals surface area contributed by atoms with Gasteiger partial charge in [-0.3, -0.25) is 0 Å². The normalized spacial score (nSPS) is 52.2. The fraction of sp³-hybridized carbons (Fsp3) is 1.00. The molecule has 4 rings (SSSR count). The average Bonchev–Trinajstić information content (AvgIpc) is 2.72. The van der Waals surface area contributed by atoms with Gasteiger partial charge in [-0.15, -0.1) is 0 Å². The monoisotopic (exact) mass is 528 g/mol. The van der Waals surface area contributed by atoms with Gasteiger partial charge in [-0.05, 0) is 119 Å². The van der Waals surface area contributed by atoms with Crippen LogP contribution in [-0.4, -0.2) is 28.6 Å². The van der Waals surface area contributed by atoms with E-state index >= 15 is 4.39 Å². The molecule has 0 bridgehead atoms. The first-order valence-corrected chi connectivity index (χ1v) is 13.4. The van der Waals surface area contributed by atoms with E-state index in [4.69, 9.17) is 0 Å². The molecule has 29 heavy (non-hydrogen) atoms. The third-order valence-corrected chi connectivity index (χ3v) is 10.3. The Labute approximate surface area is 187 Å². The highest BCUT2D eigenvalue weighted by atomic mass is 127. The summed E-state index contributed by atoms with van der Waals surface area (Å²) in [5, 5.41) is 0. The first-order valence-electron chi connectivity index (χ1n) is 12.1. The van der Waals surface area contributed by atoms with Gasteiger partial charge in [-0.1, -0.05) is 22.6 Å². The Morgan fingerprint density at radius 2 is 0.862 bits per heavy atom. The molecule has 4 aliphatic carbocycles. The highest BCUT2D eigenvalue weighted by Crippen LogP contribution is 2.49. The molecule has 4 aliphatic rings. The van der Waals surface area contributed by atoms with Gasteiger partial charge in [-0.2, -0.15) is 0 Å². The molecule has 5 heteroatoms. The molecule has 5 atom stereocenters. The van der Waals surface area contributed by atoms with Gasteiger partial charge < -0.3 is 0 Å². The van der Waals surface area contributed by atoms with Gasteiger partial charge in [0.1, 0.15) is 18.5 Å². The molecule has 0 aromatic rings. The van der Waals surface area contributed by atoms with Crippen LogP contribution in [0.4, 0.5) is 17.6 Å². The lowest BCUT2D eigenvalue weighted by atomic mass is 9.63. The Balaban J connectivity index is 1.24. The number of hydrogen-bond acceptors (Lipinski definition) is 0. The summed E-state index contributed by atoms with van der Waals surface area (Å²) >= 11 is 2.60. The number of rotatable bonds is 3. The maximum atomic E-state index is 15.1. The largest absolute Gasteiger partial charge is 0.247 e. The molecule has 0 amide bonds. The van der Waals surface area contributed by atoms with Gasteiger partial charge in [0.15, 0.2) is 6.17 Å². The predicted octanol–water partition coefficient (Wildman–Crippen LogP) is 7.97. The van der Waals surface area contributed by atoms with Crippen molar-refractivity contribution in [3.8, 4) is 0 Å². The van der Waals surface area contributed by atoms with Crippen molar-refractivity contribution >= 4 is 22.6 Å². The molecule has 4 fully saturated rings. The van der Waals surface area contributed by atoms with Gasteiger partial charge in [0.05, 0.1) is 0 Å². The van der Waals surface area contributed by atoms with Crippen LogP contribution in [0.3, 0.4) is 0 Å². The molecule has 4 saturated carbocycles. The molecular weight excluding hydrogens is 491 g/mol. The Morgan fingerprint density at radius 1 is 0.448 bits per heavy atom. The van der Waals surface area contributed by atoms with E-state index in [1.54, 1.807) is 0 Å². The third-order valence-electron chi connectivity index (χ3n) is 9.07. The van der Waals surface area contributed by atoms with Gasteiger partial charge in [-0.25, -0.2) is 17.6 Å².